The van der Waals surface area contributed by atoms with E-state index < -0.39 is 0 Å². The molecule has 0 aromatic rings. The van der Waals surface area contributed by atoms with Gasteiger partial charge in [-0.25, -0.2) is 0 Å². The van der Waals surface area contributed by atoms with E-state index in [2.05, 4.69) is 17.1 Å². The van der Waals surface area contributed by atoms with Crippen LogP contribution in [0.4, 0.5) is 0 Å². The second-order valence-electron chi connectivity index (χ2n) is 7.64. The fraction of sp³-hybridized carbons (Fsp3) is 0.824. The molecule has 2 heteroatoms. The second-order valence-corrected chi connectivity index (χ2v) is 7.64. The monoisotopic (exact) mass is 257 g/mol. The van der Waals surface area contributed by atoms with Crippen molar-refractivity contribution in [2.45, 2.75) is 32.1 Å². The molecule has 5 aliphatic rings. The van der Waals surface area contributed by atoms with Gasteiger partial charge in [0.05, 0.1) is 0 Å². The molecule has 7 unspecified atom stereocenters. The minimum Gasteiger partial charge on any atom is -0.342 e. The van der Waals surface area contributed by atoms with Gasteiger partial charge in [-0.15, -0.1) is 0 Å². The number of nitrogens with zero attached hydrogens (tertiary/aromatic N) is 1. The molecule has 0 aromatic carbocycles. The summed E-state index contributed by atoms with van der Waals surface area (Å²) in [4.78, 5) is 14.9. The summed E-state index contributed by atoms with van der Waals surface area (Å²) < 4.78 is 0. The smallest absolute Gasteiger partial charge is 0.225 e. The molecule has 1 saturated heterocycles. The molecule has 0 aromatic heterocycles. The molecule has 1 heterocycles. The summed E-state index contributed by atoms with van der Waals surface area (Å²) in [6.45, 7) is 2.07. The van der Waals surface area contributed by atoms with Crippen molar-refractivity contribution in [3.8, 4) is 0 Å². The van der Waals surface area contributed by atoms with E-state index in [1.807, 2.05) is 0 Å². The number of likely N-dealkylation sites (tertiary alicyclic amines) is 1. The first-order valence-electron chi connectivity index (χ1n) is 8.30. The normalized spacial score (nSPS) is 53.3. The predicted octanol–water partition coefficient (Wildman–Crippen LogP) is 2.70. The van der Waals surface area contributed by atoms with Gasteiger partial charge in [-0.3, -0.25) is 4.79 Å². The first kappa shape index (κ1) is 10.9. The molecule has 19 heavy (non-hydrogen) atoms. The zero-order valence-corrected chi connectivity index (χ0v) is 11.5. The van der Waals surface area contributed by atoms with Crippen molar-refractivity contribution >= 4 is 5.91 Å². The second kappa shape index (κ2) is 3.65. The first-order chi connectivity index (χ1) is 9.33. The van der Waals surface area contributed by atoms with Crippen LogP contribution in [0, 0.1) is 41.4 Å². The van der Waals surface area contributed by atoms with Crippen LogP contribution in [-0.4, -0.2) is 23.9 Å². The summed E-state index contributed by atoms with van der Waals surface area (Å²) in [5.41, 5.74) is 0. The lowest BCUT2D eigenvalue weighted by Gasteiger charge is -2.37. The third-order valence-corrected chi connectivity index (χ3v) is 7.01. The van der Waals surface area contributed by atoms with E-state index in [0.29, 0.717) is 11.8 Å². The van der Waals surface area contributed by atoms with Gasteiger partial charge in [0.1, 0.15) is 0 Å². The summed E-state index contributed by atoms with van der Waals surface area (Å²) in [6.07, 6.45) is 11.4. The zero-order valence-electron chi connectivity index (χ0n) is 11.5. The van der Waals surface area contributed by atoms with Crippen LogP contribution >= 0.6 is 0 Å². The molecule has 1 aliphatic heterocycles. The molecule has 4 fully saturated rings. The zero-order chi connectivity index (χ0) is 12.6. The van der Waals surface area contributed by atoms with E-state index in [0.717, 1.165) is 48.6 Å². The number of hydrogen-bond acceptors (Lipinski definition) is 1. The number of allylic oxidation sites excluding steroid dienone is 2. The summed E-state index contributed by atoms with van der Waals surface area (Å²) >= 11 is 0. The van der Waals surface area contributed by atoms with Crippen LogP contribution in [-0.2, 0) is 4.79 Å². The Kier molecular flexibility index (Phi) is 2.10. The van der Waals surface area contributed by atoms with E-state index >= 15 is 0 Å². The van der Waals surface area contributed by atoms with Crippen LogP contribution in [0.1, 0.15) is 32.1 Å². The van der Waals surface area contributed by atoms with Crippen LogP contribution < -0.4 is 0 Å². The Labute approximate surface area is 115 Å². The molecule has 0 spiro atoms. The third-order valence-electron chi connectivity index (χ3n) is 7.01. The van der Waals surface area contributed by atoms with Gasteiger partial charge in [-0.2, -0.15) is 0 Å². The van der Waals surface area contributed by atoms with Crippen molar-refractivity contribution in [1.29, 1.82) is 0 Å². The summed E-state index contributed by atoms with van der Waals surface area (Å²) in [6, 6.07) is 0. The number of fused-ring (bicyclic) bond motifs is 9. The van der Waals surface area contributed by atoms with E-state index in [-0.39, 0.29) is 0 Å². The Morgan fingerprint density at radius 2 is 1.68 bits per heavy atom. The van der Waals surface area contributed by atoms with Gasteiger partial charge >= 0.3 is 0 Å². The van der Waals surface area contributed by atoms with Crippen molar-refractivity contribution in [3.63, 3.8) is 0 Å². The Hall–Kier alpha value is -0.790. The van der Waals surface area contributed by atoms with Gasteiger partial charge in [-0.05, 0) is 67.6 Å². The Bertz CT molecular complexity index is 450. The van der Waals surface area contributed by atoms with Gasteiger partial charge in [0.25, 0.3) is 0 Å². The van der Waals surface area contributed by atoms with Crippen LogP contribution in [0.5, 0.6) is 0 Å². The number of hydrogen-bond donors (Lipinski definition) is 0. The summed E-state index contributed by atoms with van der Waals surface area (Å²) in [5, 5.41) is 0. The van der Waals surface area contributed by atoms with Gasteiger partial charge < -0.3 is 4.90 Å². The molecule has 4 bridgehead atoms. The quantitative estimate of drug-likeness (QED) is 0.522. The number of rotatable bonds is 1. The van der Waals surface area contributed by atoms with E-state index in [1.54, 1.807) is 0 Å². The van der Waals surface area contributed by atoms with Crippen LogP contribution in [0.3, 0.4) is 0 Å². The highest BCUT2D eigenvalue weighted by Gasteiger charge is 2.62. The molecule has 102 valence electrons. The fourth-order valence-electron chi connectivity index (χ4n) is 6.47. The van der Waals surface area contributed by atoms with Crippen molar-refractivity contribution < 1.29 is 4.79 Å². The summed E-state index contributed by atoms with van der Waals surface area (Å²) in [7, 11) is 0. The van der Waals surface area contributed by atoms with Gasteiger partial charge in [0.15, 0.2) is 0 Å². The standard InChI is InChI=1S/C17H23NO/c19-17(18-5-1-2-6-18)14-9-12-8-13(14)16-11-4-3-10(7-11)15(12)16/h3-4,10-16H,1-2,5-9H2. The van der Waals surface area contributed by atoms with Gasteiger partial charge in [-0.1, -0.05) is 12.2 Å². The molecule has 1 amide bonds. The number of amides is 1. The lowest BCUT2D eigenvalue weighted by atomic mass is 9.69. The molecule has 2 nitrogen and oxygen atoms in total. The fourth-order valence-corrected chi connectivity index (χ4v) is 6.47. The van der Waals surface area contributed by atoms with Crippen molar-refractivity contribution in [3.05, 3.63) is 12.2 Å². The highest BCUT2D eigenvalue weighted by Crippen LogP contribution is 2.67. The molecule has 3 saturated carbocycles. The molecular weight excluding hydrogens is 234 g/mol. The predicted molar refractivity (Wildman–Crippen MR) is 73.2 cm³/mol. The Morgan fingerprint density at radius 3 is 2.47 bits per heavy atom. The average molecular weight is 257 g/mol. The van der Waals surface area contributed by atoms with Crippen LogP contribution in [0.25, 0.3) is 0 Å². The SMILES string of the molecule is O=C(C1CC2CC1C1C3C=CC(C3)C21)N1CCCC1. The van der Waals surface area contributed by atoms with Crippen molar-refractivity contribution in [2.24, 2.45) is 41.4 Å². The lowest BCUT2D eigenvalue weighted by molar-refractivity contribution is -0.137. The van der Waals surface area contributed by atoms with Crippen molar-refractivity contribution in [2.75, 3.05) is 13.1 Å². The molecular formula is C17H23NO. The first-order valence-corrected chi connectivity index (χ1v) is 8.30. The topological polar surface area (TPSA) is 20.3 Å². The van der Waals surface area contributed by atoms with Gasteiger partial charge in [0, 0.05) is 19.0 Å². The highest BCUT2D eigenvalue weighted by molar-refractivity contribution is 5.80. The molecule has 0 N–H and O–H groups in total. The molecule has 7 atom stereocenters. The van der Waals surface area contributed by atoms with E-state index in [4.69, 9.17) is 0 Å². The molecule has 0 radical (unpaired) electrons. The maximum Gasteiger partial charge on any atom is 0.225 e. The lowest BCUT2D eigenvalue weighted by Crippen LogP contribution is -2.41. The summed E-state index contributed by atoms with van der Waals surface area (Å²) in [5.74, 6) is 6.10. The van der Waals surface area contributed by atoms with Crippen molar-refractivity contribution in [1.82, 2.24) is 4.90 Å². The minimum absolute atomic E-state index is 0.400. The Morgan fingerprint density at radius 1 is 0.947 bits per heavy atom. The largest absolute Gasteiger partial charge is 0.342 e. The Balaban J connectivity index is 1.41. The molecule has 5 rings (SSSR count). The van der Waals surface area contributed by atoms with Gasteiger partial charge in [0.2, 0.25) is 5.91 Å². The highest BCUT2D eigenvalue weighted by atomic mass is 16.2. The average Bonchev–Trinajstić information content (AvgIpc) is 3.21. The maximum atomic E-state index is 12.7. The van der Waals surface area contributed by atoms with E-state index in [1.165, 1.54) is 32.1 Å². The molecule has 4 aliphatic carbocycles. The van der Waals surface area contributed by atoms with E-state index in [9.17, 15) is 4.79 Å². The minimum atomic E-state index is 0.400. The number of carbonyl (C=O) groups is 1. The maximum absolute atomic E-state index is 12.7. The van der Waals surface area contributed by atoms with Crippen LogP contribution in [0.2, 0.25) is 0 Å². The third kappa shape index (κ3) is 1.31. The number of carbonyl (C=O) groups excluding carboxylic acids is 1. The van der Waals surface area contributed by atoms with Crippen LogP contribution in [0.15, 0.2) is 12.2 Å².